The van der Waals surface area contributed by atoms with Crippen LogP contribution < -0.4 is 22.1 Å². The lowest BCUT2D eigenvalue weighted by molar-refractivity contribution is 0.0998. The summed E-state index contributed by atoms with van der Waals surface area (Å²) in [5.41, 5.74) is 11.7. The summed E-state index contributed by atoms with van der Waals surface area (Å²) in [5, 5.41) is 6.35. The fourth-order valence-corrected chi connectivity index (χ4v) is 5.68. The number of carbonyl (C=O) groups is 1. The number of halogens is 1. The van der Waals surface area contributed by atoms with Crippen molar-refractivity contribution in [1.82, 2.24) is 24.9 Å². The van der Waals surface area contributed by atoms with E-state index >= 15 is 0 Å². The van der Waals surface area contributed by atoms with Crippen molar-refractivity contribution >= 4 is 56.1 Å². The summed E-state index contributed by atoms with van der Waals surface area (Å²) in [6.45, 7) is 1.31. The van der Waals surface area contributed by atoms with Crippen LogP contribution in [0.15, 0.2) is 35.3 Å². The van der Waals surface area contributed by atoms with Gasteiger partial charge in [0.05, 0.1) is 11.3 Å². The predicted octanol–water partition coefficient (Wildman–Crippen LogP) is 0.299. The number of guanidine groups is 1. The average Bonchev–Trinajstić information content (AvgIpc) is 3.13. The molecule has 11 nitrogen and oxygen atoms in total. The third-order valence-corrected chi connectivity index (χ3v) is 8.21. The molecule has 3 heterocycles. The zero-order valence-electron chi connectivity index (χ0n) is 17.1. The molecular weight excluding hydrogens is 547 g/mol. The highest BCUT2D eigenvalue weighted by Crippen LogP contribution is 2.27. The van der Waals surface area contributed by atoms with Gasteiger partial charge >= 0.3 is 5.91 Å². The number of amides is 1. The molecular formula is C19H23IN8O3S. The van der Waals surface area contributed by atoms with Gasteiger partial charge in [0.2, 0.25) is 10.0 Å². The van der Waals surface area contributed by atoms with E-state index in [0.29, 0.717) is 42.1 Å². The Labute approximate surface area is 199 Å². The van der Waals surface area contributed by atoms with Gasteiger partial charge in [-0.2, -0.15) is 4.99 Å². The lowest BCUT2D eigenvalue weighted by Gasteiger charge is -2.38. The molecule has 2 aliphatic heterocycles. The summed E-state index contributed by atoms with van der Waals surface area (Å²) < 4.78 is 27.5. The van der Waals surface area contributed by atoms with Crippen LogP contribution in [0.2, 0.25) is 0 Å². The first-order valence-electron chi connectivity index (χ1n) is 9.93. The normalized spacial score (nSPS) is 19.6. The summed E-state index contributed by atoms with van der Waals surface area (Å²) in [4.78, 5) is 24.6. The predicted molar refractivity (Wildman–Crippen MR) is 129 cm³/mol. The van der Waals surface area contributed by atoms with Gasteiger partial charge in [0, 0.05) is 19.6 Å². The minimum Gasteiger partial charge on any atom is -0.382 e. The van der Waals surface area contributed by atoms with E-state index in [-0.39, 0.29) is 28.6 Å². The zero-order chi connectivity index (χ0) is 22.9. The van der Waals surface area contributed by atoms with Crippen LogP contribution in [0.5, 0.6) is 0 Å². The standard InChI is InChI=1S/C19H23IN8O3S/c20-14-16(22)25-15(21)13(24-14)17(29)26-18-23-11-19(27-18)6-8-28(9-7-19)32(30,31)10-12-4-2-1-3-5-12/h1-5H,6-11H2,(H4,21,22,25)(H2,23,26,27,29). The van der Waals surface area contributed by atoms with Gasteiger partial charge in [0.1, 0.15) is 3.70 Å². The Balaban J connectivity index is 1.40. The number of carbonyl (C=O) groups excluding carboxylic acids is 1. The Bertz CT molecular complexity index is 1160. The second-order valence-electron chi connectivity index (χ2n) is 7.80. The van der Waals surface area contributed by atoms with Gasteiger partial charge in [0.15, 0.2) is 23.3 Å². The first-order valence-corrected chi connectivity index (χ1v) is 12.6. The van der Waals surface area contributed by atoms with Gasteiger partial charge in [-0.15, -0.1) is 0 Å². The number of hydrogen-bond acceptors (Lipinski definition) is 7. The van der Waals surface area contributed by atoms with Gasteiger partial charge in [-0.1, -0.05) is 30.3 Å². The second-order valence-corrected chi connectivity index (χ2v) is 10.8. The van der Waals surface area contributed by atoms with E-state index in [0.717, 1.165) is 5.56 Å². The topological polar surface area (TPSA) is 169 Å². The van der Waals surface area contributed by atoms with E-state index in [2.05, 4.69) is 25.6 Å². The van der Waals surface area contributed by atoms with Crippen molar-refractivity contribution in [3.63, 3.8) is 0 Å². The molecule has 0 bridgehead atoms. The number of nitrogens with two attached hydrogens (primary N) is 2. The molecule has 32 heavy (non-hydrogen) atoms. The molecule has 1 aromatic carbocycles. The number of hydrogen-bond donors (Lipinski definition) is 4. The molecule has 2 saturated heterocycles. The van der Waals surface area contributed by atoms with Crippen LogP contribution in [-0.2, 0) is 15.8 Å². The fourth-order valence-electron chi connectivity index (χ4n) is 3.78. The third-order valence-electron chi connectivity index (χ3n) is 5.56. The van der Waals surface area contributed by atoms with Gasteiger partial charge in [-0.05, 0) is 41.0 Å². The molecule has 170 valence electrons. The van der Waals surface area contributed by atoms with Crippen LogP contribution in [0.25, 0.3) is 0 Å². The lowest BCUT2D eigenvalue weighted by atomic mass is 9.90. The summed E-state index contributed by atoms with van der Waals surface area (Å²) in [6, 6.07) is 9.14. The number of nitrogens with zero attached hydrogens (tertiary/aromatic N) is 4. The van der Waals surface area contributed by atoms with E-state index in [4.69, 9.17) is 11.5 Å². The number of benzene rings is 1. The maximum Gasteiger partial charge on any atom is 0.302 e. The number of rotatable bonds is 4. The number of aromatic nitrogens is 2. The van der Waals surface area contributed by atoms with Crippen molar-refractivity contribution in [2.45, 2.75) is 24.1 Å². The first kappa shape index (κ1) is 22.7. The first-order chi connectivity index (χ1) is 15.2. The number of sulfonamides is 1. The Morgan fingerprint density at radius 3 is 2.53 bits per heavy atom. The van der Waals surface area contributed by atoms with Crippen molar-refractivity contribution in [2.75, 3.05) is 31.1 Å². The molecule has 1 aromatic heterocycles. The van der Waals surface area contributed by atoms with E-state index in [1.807, 2.05) is 52.9 Å². The van der Waals surface area contributed by atoms with Gasteiger partial charge in [-0.25, -0.2) is 22.7 Å². The van der Waals surface area contributed by atoms with Crippen LogP contribution in [0.1, 0.15) is 28.9 Å². The number of nitrogen functional groups attached to an aromatic ring is 2. The van der Waals surface area contributed by atoms with Gasteiger partial charge in [0.25, 0.3) is 0 Å². The number of piperidine rings is 1. The van der Waals surface area contributed by atoms with E-state index in [9.17, 15) is 13.2 Å². The van der Waals surface area contributed by atoms with Crippen LogP contribution in [-0.4, -0.2) is 59.7 Å². The number of anilines is 2. The van der Waals surface area contributed by atoms with Crippen LogP contribution >= 0.6 is 22.6 Å². The Kier molecular flexibility index (Phi) is 6.22. The molecule has 0 atom stereocenters. The molecule has 0 unspecified atom stereocenters. The van der Waals surface area contributed by atoms with E-state index in [1.165, 1.54) is 4.31 Å². The van der Waals surface area contributed by atoms with Gasteiger partial charge < -0.3 is 22.1 Å². The van der Waals surface area contributed by atoms with Crippen molar-refractivity contribution < 1.29 is 13.2 Å². The van der Waals surface area contributed by atoms with Crippen LogP contribution in [0.3, 0.4) is 0 Å². The maximum absolute atomic E-state index is 12.8. The second kappa shape index (κ2) is 8.78. The van der Waals surface area contributed by atoms with Crippen LogP contribution in [0.4, 0.5) is 11.6 Å². The van der Waals surface area contributed by atoms with Crippen molar-refractivity contribution in [3.8, 4) is 0 Å². The molecule has 1 amide bonds. The molecule has 13 heteroatoms. The fraction of sp³-hybridized carbons (Fsp3) is 0.368. The zero-order valence-corrected chi connectivity index (χ0v) is 20.1. The molecule has 0 radical (unpaired) electrons. The highest BCUT2D eigenvalue weighted by molar-refractivity contribution is 14.1. The van der Waals surface area contributed by atoms with Crippen molar-refractivity contribution in [2.24, 2.45) is 4.99 Å². The third kappa shape index (κ3) is 4.78. The molecule has 0 aliphatic carbocycles. The lowest BCUT2D eigenvalue weighted by Crippen LogP contribution is -2.53. The minimum atomic E-state index is -3.40. The van der Waals surface area contributed by atoms with Crippen LogP contribution in [0, 0.1) is 3.70 Å². The summed E-state index contributed by atoms with van der Waals surface area (Å²) in [7, 11) is -3.40. The molecule has 1 spiro atoms. The van der Waals surface area contributed by atoms with E-state index in [1.54, 1.807) is 0 Å². The van der Waals surface area contributed by atoms with Crippen molar-refractivity contribution in [3.05, 3.63) is 45.3 Å². The SMILES string of the molecule is Nc1nc(N)c(C(=O)/N=C2\NCC3(CCN(S(=O)(=O)Cc4ccccc4)CC3)N2)nc1I. The highest BCUT2D eigenvalue weighted by Gasteiger charge is 2.42. The average molecular weight is 570 g/mol. The largest absolute Gasteiger partial charge is 0.382 e. The monoisotopic (exact) mass is 570 g/mol. The highest BCUT2D eigenvalue weighted by atomic mass is 127. The summed E-state index contributed by atoms with van der Waals surface area (Å²) >= 11 is 1.87. The Morgan fingerprint density at radius 1 is 1.16 bits per heavy atom. The summed E-state index contributed by atoms with van der Waals surface area (Å²) in [5.74, 6) is -0.276. The molecule has 0 saturated carbocycles. The molecule has 6 N–H and O–H groups in total. The minimum absolute atomic E-state index is 0.0173. The number of aliphatic imine (C=N–C) groups is 1. The molecule has 2 aromatic rings. The molecule has 4 rings (SSSR count). The van der Waals surface area contributed by atoms with Gasteiger partial charge in [-0.3, -0.25) is 4.79 Å². The van der Waals surface area contributed by atoms with Crippen molar-refractivity contribution in [1.29, 1.82) is 0 Å². The molecule has 2 fully saturated rings. The number of nitrogens with one attached hydrogen (secondary N) is 2. The summed E-state index contributed by atoms with van der Waals surface area (Å²) in [6.07, 6.45) is 1.17. The van der Waals surface area contributed by atoms with E-state index < -0.39 is 15.9 Å². The maximum atomic E-state index is 12.8. The molecule has 2 aliphatic rings. The Hall–Kier alpha value is -2.52. The quantitative estimate of drug-likeness (QED) is 0.378. The smallest absolute Gasteiger partial charge is 0.302 e. The Morgan fingerprint density at radius 2 is 1.84 bits per heavy atom.